The third-order valence-corrected chi connectivity index (χ3v) is 4.75. The minimum Gasteiger partial charge on any atom is -0.356 e. The Hall–Kier alpha value is -0.620. The van der Waals surface area contributed by atoms with Crippen molar-refractivity contribution in [3.05, 3.63) is 0 Å². The van der Waals surface area contributed by atoms with Crippen LogP contribution in [0, 0.1) is 5.92 Å². The normalized spacial score (nSPS) is 22.9. The fourth-order valence-electron chi connectivity index (χ4n) is 2.03. The molecule has 2 N–H and O–H groups in total. The minimum atomic E-state index is -2.96. The molecule has 1 heterocycles. The highest BCUT2D eigenvalue weighted by molar-refractivity contribution is 7.91. The van der Waals surface area contributed by atoms with E-state index >= 15 is 0 Å². The molecule has 1 aliphatic heterocycles. The van der Waals surface area contributed by atoms with Gasteiger partial charge in [0.25, 0.3) is 0 Å². The monoisotopic (exact) mass is 276 g/mol. The van der Waals surface area contributed by atoms with E-state index in [0.29, 0.717) is 19.0 Å². The fourth-order valence-corrected chi connectivity index (χ4v) is 3.48. The van der Waals surface area contributed by atoms with Gasteiger partial charge < -0.3 is 10.6 Å². The molecule has 1 amide bonds. The Balaban J connectivity index is 2.20. The molecule has 0 radical (unpaired) electrons. The summed E-state index contributed by atoms with van der Waals surface area (Å²) in [5.74, 6) is 0.840. The fraction of sp³-hybridized carbons (Fsp3) is 0.917. The molecule has 0 aromatic heterocycles. The van der Waals surface area contributed by atoms with Gasteiger partial charge in [-0.25, -0.2) is 8.42 Å². The van der Waals surface area contributed by atoms with E-state index in [9.17, 15) is 13.2 Å². The quantitative estimate of drug-likeness (QED) is 0.685. The largest absolute Gasteiger partial charge is 0.356 e. The van der Waals surface area contributed by atoms with Crippen molar-refractivity contribution in [2.45, 2.75) is 39.2 Å². The number of amides is 1. The molecule has 0 aromatic rings. The first kappa shape index (κ1) is 15.4. The van der Waals surface area contributed by atoms with Crippen LogP contribution in [-0.2, 0) is 14.6 Å². The van der Waals surface area contributed by atoms with Crippen LogP contribution >= 0.6 is 0 Å². The van der Waals surface area contributed by atoms with Gasteiger partial charge in [0.2, 0.25) is 5.91 Å². The van der Waals surface area contributed by atoms with Crippen LogP contribution in [0.2, 0.25) is 0 Å². The topological polar surface area (TPSA) is 75.3 Å². The predicted octanol–water partition coefficient (Wildman–Crippen LogP) is 0.316. The van der Waals surface area contributed by atoms with Crippen molar-refractivity contribution < 1.29 is 13.2 Å². The van der Waals surface area contributed by atoms with Crippen LogP contribution < -0.4 is 10.6 Å². The molecule has 0 aromatic carbocycles. The standard InChI is InChI=1S/C12H24N2O3S/c1-10(2)4-3-5-14-12(15)8-11-9-18(16,17)7-6-13-11/h10-11,13H,3-9H2,1-2H3,(H,14,15). The predicted molar refractivity (Wildman–Crippen MR) is 72.1 cm³/mol. The Labute approximate surface area is 110 Å². The summed E-state index contributed by atoms with van der Waals surface area (Å²) in [6, 6.07) is -0.228. The number of carbonyl (C=O) groups excluding carboxylic acids is 1. The molecule has 1 unspecified atom stereocenters. The zero-order chi connectivity index (χ0) is 13.6. The van der Waals surface area contributed by atoms with E-state index in [1.165, 1.54) is 0 Å². The summed E-state index contributed by atoms with van der Waals surface area (Å²) >= 11 is 0. The van der Waals surface area contributed by atoms with Gasteiger partial charge in [-0.1, -0.05) is 13.8 Å². The summed E-state index contributed by atoms with van der Waals surface area (Å²) in [5, 5.41) is 5.91. The summed E-state index contributed by atoms with van der Waals surface area (Å²) in [6.45, 7) is 5.43. The van der Waals surface area contributed by atoms with Gasteiger partial charge in [0, 0.05) is 25.6 Å². The Morgan fingerprint density at radius 2 is 2.17 bits per heavy atom. The molecule has 0 spiro atoms. The first-order valence-electron chi connectivity index (χ1n) is 6.59. The van der Waals surface area contributed by atoms with Crippen molar-refractivity contribution in [3.8, 4) is 0 Å². The summed E-state index contributed by atoms with van der Waals surface area (Å²) in [5.41, 5.74) is 0. The van der Waals surface area contributed by atoms with Crippen LogP contribution in [-0.4, -0.2) is 45.0 Å². The third-order valence-electron chi connectivity index (χ3n) is 3.01. The number of sulfone groups is 1. The second kappa shape index (κ2) is 7.09. The lowest BCUT2D eigenvalue weighted by Crippen LogP contribution is -2.47. The van der Waals surface area contributed by atoms with Gasteiger partial charge in [-0.2, -0.15) is 0 Å². The lowest BCUT2D eigenvalue weighted by Gasteiger charge is -2.23. The molecule has 1 saturated heterocycles. The van der Waals surface area contributed by atoms with Crippen molar-refractivity contribution >= 4 is 15.7 Å². The van der Waals surface area contributed by atoms with Gasteiger partial charge >= 0.3 is 0 Å². The Bertz CT molecular complexity index is 366. The molecule has 106 valence electrons. The zero-order valence-electron chi connectivity index (χ0n) is 11.2. The molecule has 0 saturated carbocycles. The van der Waals surface area contributed by atoms with E-state index in [0.717, 1.165) is 12.8 Å². The molecular formula is C12H24N2O3S. The average Bonchev–Trinajstić information content (AvgIpc) is 2.22. The van der Waals surface area contributed by atoms with Crippen molar-refractivity contribution in [1.29, 1.82) is 0 Å². The SMILES string of the molecule is CC(C)CCCNC(=O)CC1CS(=O)(=O)CCN1. The van der Waals surface area contributed by atoms with Crippen LogP contribution in [0.5, 0.6) is 0 Å². The Kier molecular flexibility index (Phi) is 6.08. The van der Waals surface area contributed by atoms with Gasteiger partial charge in [0.15, 0.2) is 9.84 Å². The molecule has 1 fully saturated rings. The van der Waals surface area contributed by atoms with Crippen LogP contribution in [0.15, 0.2) is 0 Å². The third kappa shape index (κ3) is 6.35. The van der Waals surface area contributed by atoms with Crippen molar-refractivity contribution in [2.24, 2.45) is 5.92 Å². The molecule has 5 nitrogen and oxygen atoms in total. The maximum atomic E-state index is 11.6. The van der Waals surface area contributed by atoms with E-state index in [1.54, 1.807) is 0 Å². The smallest absolute Gasteiger partial charge is 0.221 e. The number of rotatable bonds is 6. The summed E-state index contributed by atoms with van der Waals surface area (Å²) in [6.07, 6.45) is 2.32. The molecule has 1 rings (SSSR count). The zero-order valence-corrected chi connectivity index (χ0v) is 12.1. The summed E-state index contributed by atoms with van der Waals surface area (Å²) in [4.78, 5) is 11.6. The van der Waals surface area contributed by atoms with Gasteiger partial charge in [0.05, 0.1) is 11.5 Å². The average molecular weight is 276 g/mol. The van der Waals surface area contributed by atoms with E-state index in [2.05, 4.69) is 24.5 Å². The maximum Gasteiger partial charge on any atom is 0.221 e. The van der Waals surface area contributed by atoms with Crippen molar-refractivity contribution in [1.82, 2.24) is 10.6 Å². The number of hydrogen-bond acceptors (Lipinski definition) is 4. The number of carbonyl (C=O) groups is 1. The van der Waals surface area contributed by atoms with Gasteiger partial charge in [0.1, 0.15) is 0 Å². The second-order valence-corrected chi connectivity index (χ2v) is 7.58. The second-order valence-electron chi connectivity index (χ2n) is 5.36. The van der Waals surface area contributed by atoms with Gasteiger partial charge in [-0.15, -0.1) is 0 Å². The van der Waals surface area contributed by atoms with Crippen LogP contribution in [0.1, 0.15) is 33.1 Å². The lowest BCUT2D eigenvalue weighted by molar-refractivity contribution is -0.121. The molecule has 0 bridgehead atoms. The first-order chi connectivity index (χ1) is 8.39. The van der Waals surface area contributed by atoms with Crippen LogP contribution in [0.3, 0.4) is 0 Å². The molecule has 1 aliphatic rings. The molecule has 18 heavy (non-hydrogen) atoms. The summed E-state index contributed by atoms with van der Waals surface area (Å²) in [7, 11) is -2.96. The first-order valence-corrected chi connectivity index (χ1v) is 8.41. The number of nitrogens with one attached hydrogen (secondary N) is 2. The highest BCUT2D eigenvalue weighted by Crippen LogP contribution is 2.05. The van der Waals surface area contributed by atoms with E-state index in [1.807, 2.05) is 0 Å². The van der Waals surface area contributed by atoms with Crippen molar-refractivity contribution in [3.63, 3.8) is 0 Å². The highest BCUT2D eigenvalue weighted by atomic mass is 32.2. The molecular weight excluding hydrogens is 252 g/mol. The van der Waals surface area contributed by atoms with Gasteiger partial charge in [-0.3, -0.25) is 4.79 Å². The minimum absolute atomic E-state index is 0.0617. The van der Waals surface area contributed by atoms with E-state index < -0.39 is 9.84 Å². The maximum absolute atomic E-state index is 11.6. The van der Waals surface area contributed by atoms with Crippen LogP contribution in [0.25, 0.3) is 0 Å². The Morgan fingerprint density at radius 1 is 1.44 bits per heavy atom. The highest BCUT2D eigenvalue weighted by Gasteiger charge is 2.25. The Morgan fingerprint density at radius 3 is 2.78 bits per heavy atom. The number of hydrogen-bond donors (Lipinski definition) is 2. The molecule has 6 heteroatoms. The van der Waals surface area contributed by atoms with Crippen LogP contribution in [0.4, 0.5) is 0 Å². The van der Waals surface area contributed by atoms with E-state index in [4.69, 9.17) is 0 Å². The van der Waals surface area contributed by atoms with E-state index in [-0.39, 0.29) is 29.9 Å². The van der Waals surface area contributed by atoms with Gasteiger partial charge in [-0.05, 0) is 18.8 Å². The summed E-state index contributed by atoms with van der Waals surface area (Å²) < 4.78 is 22.8. The van der Waals surface area contributed by atoms with Crippen molar-refractivity contribution in [2.75, 3.05) is 24.6 Å². The molecule has 1 atom stereocenters. The lowest BCUT2D eigenvalue weighted by atomic mass is 10.1. The molecule has 0 aliphatic carbocycles.